The van der Waals surface area contributed by atoms with Crippen molar-refractivity contribution < 1.29 is 14.7 Å². The van der Waals surface area contributed by atoms with Crippen molar-refractivity contribution >= 4 is 45.1 Å². The zero-order chi connectivity index (χ0) is 14.7. The van der Waals surface area contributed by atoms with Crippen LogP contribution in [0.5, 0.6) is 0 Å². The van der Waals surface area contributed by atoms with Gasteiger partial charge in [0.1, 0.15) is 0 Å². The molecule has 1 aliphatic carbocycles. The number of hydrogen-bond donors (Lipinski definition) is 2. The molecule has 1 aromatic carbocycles. The molecule has 108 valence electrons. The van der Waals surface area contributed by atoms with Gasteiger partial charge in [-0.3, -0.25) is 9.59 Å². The van der Waals surface area contributed by atoms with Crippen molar-refractivity contribution in [2.45, 2.75) is 25.7 Å². The maximum atomic E-state index is 12.2. The van der Waals surface area contributed by atoms with E-state index in [1.165, 1.54) is 0 Å². The van der Waals surface area contributed by atoms with Gasteiger partial charge in [-0.05, 0) is 53.7 Å². The van der Waals surface area contributed by atoms with Crippen molar-refractivity contribution in [1.82, 2.24) is 0 Å². The van der Waals surface area contributed by atoms with Crippen molar-refractivity contribution in [2.75, 3.05) is 5.32 Å². The fourth-order valence-corrected chi connectivity index (χ4v) is 2.98. The van der Waals surface area contributed by atoms with E-state index in [2.05, 4.69) is 21.2 Å². The van der Waals surface area contributed by atoms with E-state index in [1.54, 1.807) is 18.2 Å². The molecule has 1 amide bonds. The number of carbonyl (C=O) groups is 2. The fourth-order valence-electron chi connectivity index (χ4n) is 2.44. The molecule has 0 spiro atoms. The Morgan fingerprint density at radius 1 is 1.20 bits per heavy atom. The lowest BCUT2D eigenvalue weighted by molar-refractivity contribution is -0.143. The summed E-state index contributed by atoms with van der Waals surface area (Å²) < 4.78 is 0.661. The number of aliphatic carboxylic acids is 1. The Kier molecular flexibility index (Phi) is 5.05. The smallest absolute Gasteiger partial charge is 0.306 e. The van der Waals surface area contributed by atoms with Gasteiger partial charge in [0.05, 0.1) is 21.1 Å². The average molecular weight is 361 g/mol. The number of amides is 1. The minimum absolute atomic E-state index is 0.0724. The Labute approximate surface area is 130 Å². The predicted molar refractivity (Wildman–Crippen MR) is 80.9 cm³/mol. The molecule has 0 bridgehead atoms. The highest BCUT2D eigenvalue weighted by molar-refractivity contribution is 9.10. The molecule has 0 heterocycles. The normalized spacial score (nSPS) is 22.3. The summed E-state index contributed by atoms with van der Waals surface area (Å²) in [6.45, 7) is 0. The fraction of sp³-hybridized carbons (Fsp3) is 0.429. The molecule has 1 fully saturated rings. The summed E-state index contributed by atoms with van der Waals surface area (Å²) in [5.41, 5.74) is 0.642. The summed E-state index contributed by atoms with van der Waals surface area (Å²) in [5.74, 6) is -1.27. The molecule has 0 atom stereocenters. The van der Waals surface area contributed by atoms with Gasteiger partial charge in [0.25, 0.3) is 0 Å². The number of nitrogens with one attached hydrogen (secondary N) is 1. The second kappa shape index (κ2) is 6.59. The summed E-state index contributed by atoms with van der Waals surface area (Å²) in [5, 5.41) is 12.3. The number of rotatable bonds is 3. The standard InChI is InChI=1S/C14H15BrClNO3/c15-12-10(16)2-1-3-11(12)17-13(18)8-4-6-9(7-5-8)14(19)20/h1-3,8-9H,4-7H2,(H,17,18)(H,19,20). The first kappa shape index (κ1) is 15.3. The molecule has 20 heavy (non-hydrogen) atoms. The Balaban J connectivity index is 1.96. The Morgan fingerprint density at radius 3 is 2.40 bits per heavy atom. The van der Waals surface area contributed by atoms with Crippen LogP contribution in [0.1, 0.15) is 25.7 Å². The summed E-state index contributed by atoms with van der Waals surface area (Å²) in [7, 11) is 0. The quantitative estimate of drug-likeness (QED) is 0.858. The van der Waals surface area contributed by atoms with E-state index >= 15 is 0 Å². The van der Waals surface area contributed by atoms with Crippen molar-refractivity contribution in [1.29, 1.82) is 0 Å². The number of carbonyl (C=O) groups excluding carboxylic acids is 1. The number of halogens is 2. The van der Waals surface area contributed by atoms with E-state index in [1.807, 2.05) is 0 Å². The van der Waals surface area contributed by atoms with Crippen LogP contribution in [0.25, 0.3) is 0 Å². The number of benzene rings is 1. The monoisotopic (exact) mass is 359 g/mol. The molecule has 1 aliphatic rings. The van der Waals surface area contributed by atoms with Gasteiger partial charge in [0.2, 0.25) is 5.91 Å². The highest BCUT2D eigenvalue weighted by atomic mass is 79.9. The van der Waals surface area contributed by atoms with Gasteiger partial charge in [-0.15, -0.1) is 0 Å². The van der Waals surface area contributed by atoms with E-state index in [-0.39, 0.29) is 17.7 Å². The lowest BCUT2D eigenvalue weighted by atomic mass is 9.81. The maximum absolute atomic E-state index is 12.2. The van der Waals surface area contributed by atoms with Gasteiger partial charge in [-0.2, -0.15) is 0 Å². The lowest BCUT2D eigenvalue weighted by Crippen LogP contribution is -2.29. The molecule has 4 nitrogen and oxygen atoms in total. The summed E-state index contributed by atoms with van der Waals surface area (Å²) in [6, 6.07) is 5.28. The largest absolute Gasteiger partial charge is 0.481 e. The molecule has 1 saturated carbocycles. The summed E-state index contributed by atoms with van der Waals surface area (Å²) >= 11 is 9.31. The highest BCUT2D eigenvalue weighted by Crippen LogP contribution is 2.33. The van der Waals surface area contributed by atoms with Gasteiger partial charge in [0, 0.05) is 5.92 Å². The first-order valence-corrected chi connectivity index (χ1v) is 7.64. The van der Waals surface area contributed by atoms with E-state index in [9.17, 15) is 9.59 Å². The Morgan fingerprint density at radius 2 is 1.80 bits per heavy atom. The average Bonchev–Trinajstić information content (AvgIpc) is 2.44. The van der Waals surface area contributed by atoms with E-state index < -0.39 is 5.97 Å². The molecule has 6 heteroatoms. The van der Waals surface area contributed by atoms with Crippen molar-refractivity contribution in [3.63, 3.8) is 0 Å². The minimum Gasteiger partial charge on any atom is -0.481 e. The van der Waals surface area contributed by atoms with Crippen LogP contribution < -0.4 is 5.32 Å². The Hall–Kier alpha value is -1.07. The van der Waals surface area contributed by atoms with Crippen LogP contribution in [-0.4, -0.2) is 17.0 Å². The van der Waals surface area contributed by atoms with E-state index in [0.717, 1.165) is 0 Å². The SMILES string of the molecule is O=C(O)C1CCC(C(=O)Nc2cccc(Cl)c2Br)CC1. The molecule has 0 aromatic heterocycles. The second-order valence-electron chi connectivity index (χ2n) is 4.98. The third-order valence-electron chi connectivity index (χ3n) is 3.66. The lowest BCUT2D eigenvalue weighted by Gasteiger charge is -2.25. The van der Waals surface area contributed by atoms with Gasteiger partial charge in [-0.25, -0.2) is 0 Å². The molecule has 0 radical (unpaired) electrons. The molecule has 0 unspecified atom stereocenters. The molecule has 1 aromatic rings. The minimum atomic E-state index is -0.763. The van der Waals surface area contributed by atoms with Crippen LogP contribution in [0.4, 0.5) is 5.69 Å². The van der Waals surface area contributed by atoms with Crippen molar-refractivity contribution in [3.8, 4) is 0 Å². The first-order valence-electron chi connectivity index (χ1n) is 6.46. The van der Waals surface area contributed by atoms with Crippen LogP contribution in [0.2, 0.25) is 5.02 Å². The van der Waals surface area contributed by atoms with Gasteiger partial charge in [-0.1, -0.05) is 17.7 Å². The van der Waals surface area contributed by atoms with Gasteiger partial charge < -0.3 is 10.4 Å². The third-order valence-corrected chi connectivity index (χ3v) is 5.05. The van der Waals surface area contributed by atoms with Gasteiger partial charge in [0.15, 0.2) is 0 Å². The van der Waals surface area contributed by atoms with E-state index in [4.69, 9.17) is 16.7 Å². The van der Waals surface area contributed by atoms with Crippen LogP contribution in [0, 0.1) is 11.8 Å². The number of carboxylic acid groups (broad SMARTS) is 1. The highest BCUT2D eigenvalue weighted by Gasteiger charge is 2.29. The topological polar surface area (TPSA) is 66.4 Å². The third kappa shape index (κ3) is 3.52. The molecular weight excluding hydrogens is 346 g/mol. The van der Waals surface area contributed by atoms with Crippen molar-refractivity contribution in [2.24, 2.45) is 11.8 Å². The second-order valence-corrected chi connectivity index (χ2v) is 6.18. The molecule has 2 rings (SSSR count). The molecule has 0 saturated heterocycles. The van der Waals surface area contributed by atoms with Crippen LogP contribution in [-0.2, 0) is 9.59 Å². The number of carboxylic acids is 1. The maximum Gasteiger partial charge on any atom is 0.306 e. The zero-order valence-electron chi connectivity index (χ0n) is 10.7. The van der Waals surface area contributed by atoms with Crippen LogP contribution in [0.3, 0.4) is 0 Å². The Bertz CT molecular complexity index is 527. The predicted octanol–water partition coefficient (Wildman–Crippen LogP) is 3.93. The summed E-state index contributed by atoms with van der Waals surface area (Å²) in [6.07, 6.45) is 2.34. The molecular formula is C14H15BrClNO3. The number of anilines is 1. The van der Waals surface area contributed by atoms with Crippen LogP contribution in [0.15, 0.2) is 22.7 Å². The number of hydrogen-bond acceptors (Lipinski definition) is 2. The summed E-state index contributed by atoms with van der Waals surface area (Å²) in [4.78, 5) is 23.1. The van der Waals surface area contributed by atoms with Crippen LogP contribution >= 0.6 is 27.5 Å². The molecule has 0 aliphatic heterocycles. The molecule has 2 N–H and O–H groups in total. The van der Waals surface area contributed by atoms with Crippen molar-refractivity contribution in [3.05, 3.63) is 27.7 Å². The van der Waals surface area contributed by atoms with E-state index in [0.29, 0.717) is 40.9 Å². The zero-order valence-corrected chi connectivity index (χ0v) is 13.1. The van der Waals surface area contributed by atoms with Gasteiger partial charge >= 0.3 is 5.97 Å². The first-order chi connectivity index (χ1) is 9.49.